The number of benzene rings is 2. The zero-order chi connectivity index (χ0) is 20.9. The minimum absolute atomic E-state index is 0.100. The zero-order valence-electron chi connectivity index (χ0n) is 16.4. The Bertz CT molecular complexity index is 1040. The first-order chi connectivity index (χ1) is 14.0. The third kappa shape index (κ3) is 4.58. The van der Waals surface area contributed by atoms with Crippen LogP contribution in [0.25, 0.3) is 0 Å². The molecular weight excluding hydrogens is 388 g/mol. The average molecular weight is 413 g/mol. The van der Waals surface area contributed by atoms with Crippen LogP contribution in [0.5, 0.6) is 0 Å². The molecule has 0 aliphatic rings. The second-order valence-electron chi connectivity index (χ2n) is 6.45. The summed E-state index contributed by atoms with van der Waals surface area (Å²) >= 11 is 0. The number of amides is 1. The third-order valence-electron chi connectivity index (χ3n) is 4.68. The van der Waals surface area contributed by atoms with Gasteiger partial charge in [-0.3, -0.25) is 4.79 Å². The summed E-state index contributed by atoms with van der Waals surface area (Å²) in [6.07, 6.45) is 1.55. The minimum atomic E-state index is -3.65. The van der Waals surface area contributed by atoms with Crippen LogP contribution >= 0.6 is 0 Å². The van der Waals surface area contributed by atoms with Gasteiger partial charge in [-0.1, -0.05) is 50.2 Å². The normalized spacial score (nSPS) is 12.7. The molecule has 0 bridgehead atoms. The summed E-state index contributed by atoms with van der Waals surface area (Å²) in [5, 5.41) is 2.95. The molecule has 1 unspecified atom stereocenters. The van der Waals surface area contributed by atoms with Gasteiger partial charge in [-0.05, 0) is 35.9 Å². The van der Waals surface area contributed by atoms with E-state index in [9.17, 15) is 13.2 Å². The van der Waals surface area contributed by atoms with Crippen LogP contribution in [0.3, 0.4) is 0 Å². The summed E-state index contributed by atoms with van der Waals surface area (Å²) in [6, 6.07) is 18.6. The molecule has 0 saturated heterocycles. The molecule has 0 aliphatic carbocycles. The molecule has 0 fully saturated rings. The van der Waals surface area contributed by atoms with E-state index in [0.29, 0.717) is 18.8 Å². The van der Waals surface area contributed by atoms with Gasteiger partial charge in [0.1, 0.15) is 11.8 Å². The molecule has 1 heterocycles. The first-order valence-electron chi connectivity index (χ1n) is 9.46. The smallest absolute Gasteiger partial charge is 0.252 e. The molecule has 2 aromatic carbocycles. The molecule has 0 spiro atoms. The average Bonchev–Trinajstić information content (AvgIpc) is 3.28. The number of nitrogens with one attached hydrogen (secondary N) is 1. The number of carbonyl (C=O) groups is 1. The molecule has 6 nitrogen and oxygen atoms in total. The summed E-state index contributed by atoms with van der Waals surface area (Å²) in [5.41, 5.74) is 1.13. The largest absolute Gasteiger partial charge is 0.467 e. The molecule has 152 valence electrons. The lowest BCUT2D eigenvalue weighted by molar-refractivity contribution is 0.0938. The van der Waals surface area contributed by atoms with Gasteiger partial charge in [-0.15, -0.1) is 0 Å². The fraction of sp³-hybridized carbons (Fsp3) is 0.227. The Hall–Kier alpha value is -2.90. The first kappa shape index (κ1) is 20.8. The van der Waals surface area contributed by atoms with Gasteiger partial charge in [0.15, 0.2) is 0 Å². The Morgan fingerprint density at radius 3 is 2.34 bits per heavy atom. The van der Waals surface area contributed by atoms with E-state index in [4.69, 9.17) is 4.42 Å². The van der Waals surface area contributed by atoms with Crippen molar-refractivity contribution in [2.45, 2.75) is 24.8 Å². The number of furan rings is 1. The second kappa shape index (κ2) is 9.07. The van der Waals surface area contributed by atoms with E-state index < -0.39 is 16.1 Å². The predicted octanol–water partition coefficient (Wildman–Crippen LogP) is 3.83. The highest BCUT2D eigenvalue weighted by Crippen LogP contribution is 2.23. The highest BCUT2D eigenvalue weighted by molar-refractivity contribution is 7.89. The molecule has 1 amide bonds. The van der Waals surface area contributed by atoms with Crippen LogP contribution in [-0.4, -0.2) is 31.7 Å². The lowest BCUT2D eigenvalue weighted by atomic mass is 10.0. The van der Waals surface area contributed by atoms with Crippen molar-refractivity contribution < 1.29 is 17.6 Å². The van der Waals surface area contributed by atoms with Crippen LogP contribution in [-0.2, 0) is 10.0 Å². The predicted molar refractivity (Wildman–Crippen MR) is 111 cm³/mol. The van der Waals surface area contributed by atoms with Gasteiger partial charge < -0.3 is 9.73 Å². The van der Waals surface area contributed by atoms with Crippen molar-refractivity contribution in [1.82, 2.24) is 9.62 Å². The number of hydrogen-bond donors (Lipinski definition) is 1. The molecule has 1 atom stereocenters. The zero-order valence-corrected chi connectivity index (χ0v) is 17.2. The van der Waals surface area contributed by atoms with E-state index in [1.165, 1.54) is 16.4 Å². The maximum absolute atomic E-state index is 13.0. The van der Waals surface area contributed by atoms with Gasteiger partial charge in [-0.25, -0.2) is 8.42 Å². The van der Waals surface area contributed by atoms with Crippen molar-refractivity contribution in [2.75, 3.05) is 13.1 Å². The van der Waals surface area contributed by atoms with Crippen LogP contribution in [0.2, 0.25) is 0 Å². The Morgan fingerprint density at radius 2 is 1.72 bits per heavy atom. The number of hydrogen-bond acceptors (Lipinski definition) is 4. The van der Waals surface area contributed by atoms with Crippen molar-refractivity contribution in [3.63, 3.8) is 0 Å². The van der Waals surface area contributed by atoms with E-state index >= 15 is 0 Å². The van der Waals surface area contributed by atoms with Gasteiger partial charge in [0.25, 0.3) is 5.91 Å². The molecule has 0 aliphatic heterocycles. The number of carbonyl (C=O) groups excluding carboxylic acids is 1. The van der Waals surface area contributed by atoms with Crippen LogP contribution in [0.4, 0.5) is 0 Å². The standard InChI is InChI=1S/C22H24N2O4S/c1-3-24(4-2)29(26,27)19-13-8-12-18(16-19)22(25)23-21(20-14-9-15-28-20)17-10-6-5-7-11-17/h5-16,21H,3-4H2,1-2H3,(H,23,25). The maximum atomic E-state index is 13.0. The fourth-order valence-corrected chi connectivity index (χ4v) is 4.65. The molecule has 3 aromatic rings. The van der Waals surface area contributed by atoms with E-state index in [1.54, 1.807) is 44.4 Å². The molecule has 0 saturated carbocycles. The highest BCUT2D eigenvalue weighted by atomic mass is 32.2. The molecular formula is C22H24N2O4S. The fourth-order valence-electron chi connectivity index (χ4n) is 3.14. The molecule has 7 heteroatoms. The van der Waals surface area contributed by atoms with E-state index in [2.05, 4.69) is 5.32 Å². The molecule has 0 radical (unpaired) electrons. The Balaban J connectivity index is 1.90. The molecule has 1 N–H and O–H groups in total. The van der Waals surface area contributed by atoms with Gasteiger partial charge in [-0.2, -0.15) is 4.31 Å². The summed E-state index contributed by atoms with van der Waals surface area (Å²) in [7, 11) is -3.65. The van der Waals surface area contributed by atoms with Crippen molar-refractivity contribution in [3.05, 3.63) is 89.9 Å². The summed E-state index contributed by atoms with van der Waals surface area (Å²) in [6.45, 7) is 4.30. The van der Waals surface area contributed by atoms with Gasteiger partial charge >= 0.3 is 0 Å². The van der Waals surface area contributed by atoms with Gasteiger partial charge in [0, 0.05) is 18.7 Å². The van der Waals surface area contributed by atoms with Gasteiger partial charge in [0.05, 0.1) is 11.2 Å². The highest BCUT2D eigenvalue weighted by Gasteiger charge is 2.24. The number of sulfonamides is 1. The number of nitrogens with zero attached hydrogens (tertiary/aromatic N) is 1. The van der Waals surface area contributed by atoms with E-state index in [0.717, 1.165) is 5.56 Å². The quantitative estimate of drug-likeness (QED) is 0.610. The molecule has 3 rings (SSSR count). The Morgan fingerprint density at radius 1 is 1.00 bits per heavy atom. The van der Waals surface area contributed by atoms with Crippen molar-refractivity contribution >= 4 is 15.9 Å². The lowest BCUT2D eigenvalue weighted by Gasteiger charge is -2.20. The third-order valence-corrected chi connectivity index (χ3v) is 6.72. The van der Waals surface area contributed by atoms with E-state index in [1.807, 2.05) is 30.3 Å². The second-order valence-corrected chi connectivity index (χ2v) is 8.39. The summed E-state index contributed by atoms with van der Waals surface area (Å²) in [5.74, 6) is 0.211. The van der Waals surface area contributed by atoms with E-state index in [-0.39, 0.29) is 16.4 Å². The minimum Gasteiger partial charge on any atom is -0.467 e. The van der Waals surface area contributed by atoms with Crippen LogP contribution < -0.4 is 5.32 Å². The van der Waals surface area contributed by atoms with Crippen molar-refractivity contribution in [1.29, 1.82) is 0 Å². The molecule has 1 aromatic heterocycles. The maximum Gasteiger partial charge on any atom is 0.252 e. The SMILES string of the molecule is CCN(CC)S(=O)(=O)c1cccc(C(=O)NC(c2ccccc2)c2ccco2)c1. The molecule has 29 heavy (non-hydrogen) atoms. The van der Waals surface area contributed by atoms with Gasteiger partial charge in [0.2, 0.25) is 10.0 Å². The van der Waals surface area contributed by atoms with Crippen molar-refractivity contribution in [2.24, 2.45) is 0 Å². The Kier molecular flexibility index (Phi) is 6.51. The number of rotatable bonds is 8. The first-order valence-corrected chi connectivity index (χ1v) is 10.9. The summed E-state index contributed by atoms with van der Waals surface area (Å²) in [4.78, 5) is 13.1. The van der Waals surface area contributed by atoms with Crippen LogP contribution in [0.1, 0.15) is 41.6 Å². The topological polar surface area (TPSA) is 79.6 Å². The van der Waals surface area contributed by atoms with Crippen molar-refractivity contribution in [3.8, 4) is 0 Å². The van der Waals surface area contributed by atoms with Crippen LogP contribution in [0, 0.1) is 0 Å². The lowest BCUT2D eigenvalue weighted by Crippen LogP contribution is -2.31. The summed E-state index contributed by atoms with van der Waals surface area (Å²) < 4.78 is 32.4. The van der Waals surface area contributed by atoms with Crippen LogP contribution in [0.15, 0.2) is 82.3 Å². The monoisotopic (exact) mass is 412 g/mol. The Labute approximate surface area is 171 Å².